The van der Waals surface area contributed by atoms with Gasteiger partial charge in [-0.15, -0.1) is 0 Å². The molecule has 0 fully saturated rings. The summed E-state index contributed by atoms with van der Waals surface area (Å²) in [6, 6.07) is 19.6. The molecule has 0 bridgehead atoms. The van der Waals surface area contributed by atoms with Crippen LogP contribution < -0.4 is 9.13 Å². The van der Waals surface area contributed by atoms with Crippen LogP contribution in [0.2, 0.25) is 0 Å². The lowest BCUT2D eigenvalue weighted by Gasteiger charge is -2.04. The highest BCUT2D eigenvalue weighted by atomic mass is 14.9. The van der Waals surface area contributed by atoms with Crippen molar-refractivity contribution in [2.75, 3.05) is 0 Å². The Balaban J connectivity index is 1.19. The quantitative estimate of drug-likeness (QED) is 0.108. The minimum atomic E-state index is 0.912. The van der Waals surface area contributed by atoms with E-state index in [1.165, 1.54) is 119 Å². The molecule has 0 spiro atoms. The number of benzene rings is 1. The van der Waals surface area contributed by atoms with Crippen LogP contribution in [0.25, 0.3) is 11.1 Å². The fraction of sp³-hybridized carbons (Fsp3) is 0.543. The van der Waals surface area contributed by atoms with Crippen molar-refractivity contribution in [1.29, 1.82) is 0 Å². The first-order chi connectivity index (χ1) is 18.3. The fourth-order valence-corrected chi connectivity index (χ4v) is 5.19. The number of rotatable bonds is 20. The molecule has 0 saturated carbocycles. The predicted octanol–water partition coefficient (Wildman–Crippen LogP) is 9.24. The summed E-state index contributed by atoms with van der Waals surface area (Å²) in [5, 5.41) is 0. The second-order valence-electron chi connectivity index (χ2n) is 10.9. The van der Waals surface area contributed by atoms with Crippen molar-refractivity contribution >= 4 is 0 Å². The minimum Gasteiger partial charge on any atom is -0.205 e. The average molecular weight is 501 g/mol. The molecule has 0 atom stereocenters. The van der Waals surface area contributed by atoms with E-state index >= 15 is 0 Å². The van der Waals surface area contributed by atoms with Gasteiger partial charge in [0.1, 0.15) is 6.54 Å². The molecule has 200 valence electrons. The van der Waals surface area contributed by atoms with Gasteiger partial charge in [0.2, 0.25) is 0 Å². The molecule has 2 aromatic heterocycles. The Morgan fingerprint density at radius 1 is 0.432 bits per heavy atom. The Kier molecular flexibility index (Phi) is 14.7. The molecular formula is C35H52N2+2. The Hall–Kier alpha value is -2.48. The summed E-state index contributed by atoms with van der Waals surface area (Å²) in [5.74, 6) is 0. The van der Waals surface area contributed by atoms with Crippen LogP contribution in [0.4, 0.5) is 0 Å². The van der Waals surface area contributed by atoms with E-state index in [1.807, 2.05) is 0 Å². The summed E-state index contributed by atoms with van der Waals surface area (Å²) in [6.07, 6.45) is 31.6. The van der Waals surface area contributed by atoms with Crippen molar-refractivity contribution in [3.63, 3.8) is 0 Å². The summed E-state index contributed by atoms with van der Waals surface area (Å²) in [4.78, 5) is 0. The van der Waals surface area contributed by atoms with Crippen molar-refractivity contribution < 1.29 is 9.13 Å². The van der Waals surface area contributed by atoms with Gasteiger partial charge in [0, 0.05) is 36.2 Å². The fourth-order valence-electron chi connectivity index (χ4n) is 5.19. The van der Waals surface area contributed by atoms with Gasteiger partial charge in [-0.2, -0.15) is 0 Å². The number of aromatic nitrogens is 2. The standard InChI is InChI=1S/C35H52N2/c1-2-3-4-5-6-7-8-9-10-11-12-13-14-15-16-20-27-36-28-23-34(24-29-36)35-25-30-37(31-26-35)32-33-21-18-17-19-22-33/h17-19,21-26,28-31H,2-16,20,27,32H2,1H3/q+2. The number of hydrogen-bond donors (Lipinski definition) is 0. The maximum Gasteiger partial charge on any atom is 0.173 e. The second-order valence-corrected chi connectivity index (χ2v) is 10.9. The van der Waals surface area contributed by atoms with Gasteiger partial charge < -0.3 is 0 Å². The molecule has 37 heavy (non-hydrogen) atoms. The van der Waals surface area contributed by atoms with Crippen molar-refractivity contribution in [3.8, 4) is 11.1 Å². The third kappa shape index (κ3) is 12.5. The Labute approximate surface area is 227 Å². The summed E-state index contributed by atoms with van der Waals surface area (Å²) in [5.41, 5.74) is 3.89. The molecule has 0 unspecified atom stereocenters. The van der Waals surface area contributed by atoms with E-state index in [9.17, 15) is 0 Å². The van der Waals surface area contributed by atoms with Gasteiger partial charge >= 0.3 is 0 Å². The maximum atomic E-state index is 2.34. The van der Waals surface area contributed by atoms with E-state index in [0.29, 0.717) is 0 Å². The predicted molar refractivity (Wildman–Crippen MR) is 157 cm³/mol. The van der Waals surface area contributed by atoms with E-state index in [-0.39, 0.29) is 0 Å². The number of pyridine rings is 2. The number of aryl methyl sites for hydroxylation is 1. The molecule has 0 radical (unpaired) electrons. The first-order valence-corrected chi connectivity index (χ1v) is 15.4. The first-order valence-electron chi connectivity index (χ1n) is 15.4. The molecule has 2 heterocycles. The highest BCUT2D eigenvalue weighted by molar-refractivity contribution is 5.60. The summed E-state index contributed by atoms with van der Waals surface area (Å²) in [7, 11) is 0. The van der Waals surface area contributed by atoms with Crippen molar-refractivity contribution in [2.24, 2.45) is 0 Å². The molecule has 0 aliphatic heterocycles. The Morgan fingerprint density at radius 2 is 0.838 bits per heavy atom. The highest BCUT2D eigenvalue weighted by Crippen LogP contribution is 2.16. The zero-order valence-electron chi connectivity index (χ0n) is 23.6. The van der Waals surface area contributed by atoms with Gasteiger partial charge in [0.15, 0.2) is 31.3 Å². The third-order valence-corrected chi connectivity index (χ3v) is 7.59. The zero-order valence-corrected chi connectivity index (χ0v) is 23.6. The van der Waals surface area contributed by atoms with Gasteiger partial charge in [0.25, 0.3) is 0 Å². The largest absolute Gasteiger partial charge is 0.205 e. The normalized spacial score (nSPS) is 11.2. The lowest BCUT2D eigenvalue weighted by Crippen LogP contribution is -2.33. The van der Waals surface area contributed by atoms with E-state index in [1.54, 1.807) is 0 Å². The zero-order chi connectivity index (χ0) is 25.8. The lowest BCUT2D eigenvalue weighted by atomic mass is 10.0. The monoisotopic (exact) mass is 500 g/mol. The number of nitrogens with zero attached hydrogens (tertiary/aromatic N) is 2. The smallest absolute Gasteiger partial charge is 0.173 e. The lowest BCUT2D eigenvalue weighted by molar-refractivity contribution is -0.697. The molecule has 3 aromatic rings. The topological polar surface area (TPSA) is 7.76 Å². The number of hydrogen-bond acceptors (Lipinski definition) is 0. The molecule has 0 aliphatic carbocycles. The molecular weight excluding hydrogens is 448 g/mol. The van der Waals surface area contributed by atoms with Crippen LogP contribution in [0.5, 0.6) is 0 Å². The molecule has 2 heteroatoms. The third-order valence-electron chi connectivity index (χ3n) is 7.59. The molecule has 3 rings (SSSR count). The van der Waals surface area contributed by atoms with E-state index in [2.05, 4.69) is 95.4 Å². The first kappa shape index (κ1) is 29.1. The molecule has 0 amide bonds. The Morgan fingerprint density at radius 3 is 1.30 bits per heavy atom. The molecule has 2 nitrogen and oxygen atoms in total. The number of unbranched alkanes of at least 4 members (excludes halogenated alkanes) is 15. The van der Waals surface area contributed by atoms with E-state index in [4.69, 9.17) is 0 Å². The van der Waals surface area contributed by atoms with Crippen LogP contribution in [0.1, 0.15) is 115 Å². The van der Waals surface area contributed by atoms with Crippen molar-refractivity contribution in [2.45, 2.75) is 123 Å². The van der Waals surface area contributed by atoms with Gasteiger partial charge in [-0.05, 0) is 17.5 Å². The summed E-state index contributed by atoms with van der Waals surface area (Å²) >= 11 is 0. The minimum absolute atomic E-state index is 0.912. The van der Waals surface area contributed by atoms with Gasteiger partial charge in [0.05, 0.1) is 0 Å². The van der Waals surface area contributed by atoms with Gasteiger partial charge in [-0.1, -0.05) is 127 Å². The maximum absolute atomic E-state index is 2.34. The van der Waals surface area contributed by atoms with E-state index in [0.717, 1.165) is 13.1 Å². The van der Waals surface area contributed by atoms with Crippen LogP contribution in [0.15, 0.2) is 79.4 Å². The van der Waals surface area contributed by atoms with Crippen LogP contribution in [0, 0.1) is 0 Å². The highest BCUT2D eigenvalue weighted by Gasteiger charge is 2.06. The molecule has 1 aromatic carbocycles. The molecule has 0 saturated heterocycles. The van der Waals surface area contributed by atoms with Crippen LogP contribution in [0.3, 0.4) is 0 Å². The SMILES string of the molecule is CCCCCCCCCCCCCCCCCC[n+]1ccc(-c2cc[n+](Cc3ccccc3)cc2)cc1. The van der Waals surface area contributed by atoms with E-state index < -0.39 is 0 Å². The second kappa shape index (κ2) is 18.7. The Bertz CT molecular complexity index is 931. The van der Waals surface area contributed by atoms with Gasteiger partial charge in [-0.25, -0.2) is 9.13 Å². The molecule has 0 aliphatic rings. The van der Waals surface area contributed by atoms with Crippen molar-refractivity contribution in [3.05, 3.63) is 84.9 Å². The molecule has 0 N–H and O–H groups in total. The summed E-state index contributed by atoms with van der Waals surface area (Å²) in [6.45, 7) is 4.34. The van der Waals surface area contributed by atoms with Crippen molar-refractivity contribution in [1.82, 2.24) is 0 Å². The van der Waals surface area contributed by atoms with Crippen LogP contribution in [-0.4, -0.2) is 0 Å². The van der Waals surface area contributed by atoms with Crippen LogP contribution in [-0.2, 0) is 13.1 Å². The van der Waals surface area contributed by atoms with Crippen LogP contribution >= 0.6 is 0 Å². The van der Waals surface area contributed by atoms with Gasteiger partial charge in [-0.3, -0.25) is 0 Å². The average Bonchev–Trinajstić information content (AvgIpc) is 2.94. The summed E-state index contributed by atoms with van der Waals surface area (Å²) < 4.78 is 4.57.